The van der Waals surface area contributed by atoms with E-state index in [2.05, 4.69) is 11.8 Å². The van der Waals surface area contributed by atoms with Crippen molar-refractivity contribution in [3.8, 4) is 17.6 Å². The molecule has 1 amide bonds. The van der Waals surface area contributed by atoms with E-state index in [9.17, 15) is 38.6 Å². The number of phenols is 1. The van der Waals surface area contributed by atoms with Crippen LogP contribution in [-0.2, 0) is 25.6 Å². The summed E-state index contributed by atoms with van der Waals surface area (Å²) in [5, 5.41) is 23.0. The Labute approximate surface area is 241 Å². The first kappa shape index (κ1) is 29.1. The Morgan fingerprint density at radius 2 is 1.69 bits per heavy atom. The molecule has 0 saturated heterocycles. The van der Waals surface area contributed by atoms with Gasteiger partial charge in [-0.1, -0.05) is 11.8 Å². The highest BCUT2D eigenvalue weighted by molar-refractivity contribution is 6.32. The van der Waals surface area contributed by atoms with Gasteiger partial charge in [-0.05, 0) is 68.8 Å². The topological polar surface area (TPSA) is 158 Å². The number of carbonyl (C=O) groups is 5. The molecule has 218 valence electrons. The SMILES string of the molecule is CN(C)c1cc(C#Cc2ccc(F)cc2)c(O)c2c1CC1CC3C(N(C)C)C(=O)C(C(N)=O)C(=O)C3(O)C(=O)C1C2=O. The van der Waals surface area contributed by atoms with Gasteiger partial charge in [0.05, 0.1) is 23.1 Å². The molecule has 4 N–H and O–H groups in total. The van der Waals surface area contributed by atoms with Crippen LogP contribution in [0.4, 0.5) is 10.1 Å². The Balaban J connectivity index is 1.64. The number of primary amides is 1. The highest BCUT2D eigenvalue weighted by Crippen LogP contribution is 2.52. The second kappa shape index (κ2) is 10.2. The van der Waals surface area contributed by atoms with Crippen molar-refractivity contribution in [3.05, 3.63) is 58.4 Å². The lowest BCUT2D eigenvalue weighted by Gasteiger charge is -2.52. The number of likely N-dealkylation sites (N-methyl/N-ethyl adjacent to an activating group) is 1. The number of amides is 1. The summed E-state index contributed by atoms with van der Waals surface area (Å²) in [5.41, 5.74) is 4.02. The van der Waals surface area contributed by atoms with Crippen LogP contribution in [0.25, 0.3) is 0 Å². The maximum absolute atomic E-state index is 14.1. The zero-order valence-corrected chi connectivity index (χ0v) is 23.5. The normalized spacial score (nSPS) is 28.4. The molecule has 3 aliphatic rings. The van der Waals surface area contributed by atoms with Gasteiger partial charge in [-0.15, -0.1) is 0 Å². The third kappa shape index (κ3) is 4.21. The number of nitrogens with two attached hydrogens (primary N) is 1. The summed E-state index contributed by atoms with van der Waals surface area (Å²) in [4.78, 5) is 70.1. The van der Waals surface area contributed by atoms with E-state index >= 15 is 0 Å². The fourth-order valence-electron chi connectivity index (χ4n) is 6.82. The van der Waals surface area contributed by atoms with Gasteiger partial charge in [-0.2, -0.15) is 0 Å². The molecule has 2 fully saturated rings. The first-order chi connectivity index (χ1) is 19.7. The van der Waals surface area contributed by atoms with Crippen LogP contribution in [0, 0.1) is 41.3 Å². The molecule has 0 aromatic heterocycles. The van der Waals surface area contributed by atoms with Gasteiger partial charge in [-0.3, -0.25) is 28.9 Å². The monoisotopic (exact) mass is 575 g/mol. The van der Waals surface area contributed by atoms with Gasteiger partial charge in [0.15, 0.2) is 34.7 Å². The number of aliphatic hydroxyl groups is 1. The number of nitrogens with zero attached hydrogens (tertiary/aromatic N) is 2. The molecule has 42 heavy (non-hydrogen) atoms. The average molecular weight is 576 g/mol. The maximum Gasteiger partial charge on any atom is 0.235 e. The smallest absolute Gasteiger partial charge is 0.235 e. The summed E-state index contributed by atoms with van der Waals surface area (Å²) in [6.45, 7) is 0. The van der Waals surface area contributed by atoms with Crippen molar-refractivity contribution in [1.29, 1.82) is 0 Å². The molecule has 6 atom stereocenters. The Bertz CT molecular complexity index is 1620. The van der Waals surface area contributed by atoms with E-state index in [4.69, 9.17) is 5.73 Å². The number of hydrogen-bond acceptors (Lipinski definition) is 9. The molecule has 6 unspecified atom stereocenters. The molecule has 0 radical (unpaired) electrons. The number of Topliss-reactive ketones (excluding diaryl/α,β-unsaturated/α-hetero) is 4. The van der Waals surface area contributed by atoms with E-state index in [1.807, 2.05) is 0 Å². The van der Waals surface area contributed by atoms with Crippen molar-refractivity contribution >= 4 is 34.7 Å². The van der Waals surface area contributed by atoms with Crippen LogP contribution in [-0.4, -0.2) is 84.0 Å². The third-order valence-electron chi connectivity index (χ3n) is 8.71. The Kier molecular flexibility index (Phi) is 7.03. The first-order valence-electron chi connectivity index (χ1n) is 13.4. The highest BCUT2D eigenvalue weighted by Gasteiger charge is 2.69. The van der Waals surface area contributed by atoms with Gasteiger partial charge in [0.2, 0.25) is 5.91 Å². The van der Waals surface area contributed by atoms with E-state index in [1.165, 1.54) is 43.3 Å². The molecule has 11 heteroatoms. The molecular weight excluding hydrogens is 545 g/mol. The quantitative estimate of drug-likeness (QED) is 0.350. The minimum atomic E-state index is -2.79. The molecule has 0 bridgehead atoms. The predicted molar refractivity (Wildman–Crippen MR) is 148 cm³/mol. The fraction of sp³-hybridized carbons (Fsp3) is 0.387. The minimum Gasteiger partial charge on any atom is -0.506 e. The Hall–Kier alpha value is -4.40. The molecule has 10 nitrogen and oxygen atoms in total. The van der Waals surface area contributed by atoms with Gasteiger partial charge in [-0.25, -0.2) is 4.39 Å². The summed E-state index contributed by atoms with van der Waals surface area (Å²) in [6.07, 6.45) is 0.0994. The highest BCUT2D eigenvalue weighted by atomic mass is 19.1. The number of fused-ring (bicyclic) bond motifs is 3. The largest absolute Gasteiger partial charge is 0.506 e. The van der Waals surface area contributed by atoms with Crippen LogP contribution in [0.3, 0.4) is 0 Å². The zero-order chi connectivity index (χ0) is 30.8. The van der Waals surface area contributed by atoms with Crippen LogP contribution in [0.15, 0.2) is 30.3 Å². The number of benzene rings is 2. The standard InChI is InChI=1S/C31H30FN3O7/c1-34(2)20-13-15(8-5-14-6-9-17(32)10-7-14)25(36)22-18(20)11-16-12-19-24(35(3)4)27(38)23(30(33)41)29(40)31(19,42)28(39)21(16)26(22)37/h6-7,9-10,13,16,19,21,23-24,36,42H,11-12H2,1-4H3,(H2,33,41). The van der Waals surface area contributed by atoms with Crippen LogP contribution in [0.2, 0.25) is 0 Å². The van der Waals surface area contributed by atoms with E-state index in [-0.39, 0.29) is 24.0 Å². The van der Waals surface area contributed by atoms with Gasteiger partial charge in [0.1, 0.15) is 11.6 Å². The van der Waals surface area contributed by atoms with Crippen molar-refractivity contribution in [2.24, 2.45) is 29.4 Å². The minimum absolute atomic E-state index is 0.0380. The number of anilines is 1. The number of halogens is 1. The van der Waals surface area contributed by atoms with Crippen molar-refractivity contribution in [1.82, 2.24) is 4.90 Å². The van der Waals surface area contributed by atoms with Gasteiger partial charge in [0, 0.05) is 31.3 Å². The molecular formula is C31H30FN3O7. The molecule has 2 saturated carbocycles. The number of carbonyl (C=O) groups excluding carboxylic acids is 5. The summed E-state index contributed by atoms with van der Waals surface area (Å²) < 4.78 is 13.3. The summed E-state index contributed by atoms with van der Waals surface area (Å²) in [5.74, 6) is -5.97. The predicted octanol–water partition coefficient (Wildman–Crippen LogP) is 0.472. The maximum atomic E-state index is 14.1. The second-order valence-corrected chi connectivity index (χ2v) is 11.6. The summed E-state index contributed by atoms with van der Waals surface area (Å²) >= 11 is 0. The van der Waals surface area contributed by atoms with Crippen LogP contribution in [0.1, 0.15) is 33.5 Å². The summed E-state index contributed by atoms with van der Waals surface area (Å²) in [6, 6.07) is 5.85. The molecule has 2 aromatic rings. The van der Waals surface area contributed by atoms with Crippen molar-refractivity contribution in [2.45, 2.75) is 24.5 Å². The number of phenolic OH excluding ortho intramolecular Hbond substituents is 1. The number of aromatic hydroxyl groups is 1. The Morgan fingerprint density at radius 3 is 2.26 bits per heavy atom. The van der Waals surface area contributed by atoms with Crippen LogP contribution in [0.5, 0.6) is 5.75 Å². The van der Waals surface area contributed by atoms with Crippen molar-refractivity contribution in [2.75, 3.05) is 33.1 Å². The lowest BCUT2D eigenvalue weighted by Crippen LogP contribution is -2.74. The lowest BCUT2D eigenvalue weighted by atomic mass is 9.52. The van der Waals surface area contributed by atoms with Crippen molar-refractivity contribution < 1.29 is 38.6 Å². The van der Waals surface area contributed by atoms with Gasteiger partial charge >= 0.3 is 0 Å². The molecule has 0 spiro atoms. The van der Waals surface area contributed by atoms with E-state index < -0.39 is 75.9 Å². The van der Waals surface area contributed by atoms with Crippen LogP contribution < -0.4 is 10.6 Å². The van der Waals surface area contributed by atoms with Gasteiger partial charge < -0.3 is 20.8 Å². The molecule has 0 aliphatic heterocycles. The van der Waals surface area contributed by atoms with Gasteiger partial charge in [0.25, 0.3) is 0 Å². The second-order valence-electron chi connectivity index (χ2n) is 11.6. The molecule has 5 rings (SSSR count). The average Bonchev–Trinajstić information content (AvgIpc) is 2.90. The lowest BCUT2D eigenvalue weighted by molar-refractivity contribution is -0.181. The molecule has 3 aliphatic carbocycles. The zero-order valence-electron chi connectivity index (χ0n) is 23.5. The summed E-state index contributed by atoms with van der Waals surface area (Å²) in [7, 11) is 6.56. The van der Waals surface area contributed by atoms with E-state index in [0.717, 1.165) is 0 Å². The number of hydrogen-bond donors (Lipinski definition) is 3. The molecule has 0 heterocycles. The fourth-order valence-corrected chi connectivity index (χ4v) is 6.82. The number of rotatable bonds is 3. The third-order valence-corrected chi connectivity index (χ3v) is 8.71. The Morgan fingerprint density at radius 1 is 1.05 bits per heavy atom. The van der Waals surface area contributed by atoms with Crippen LogP contribution >= 0.6 is 0 Å². The first-order valence-corrected chi connectivity index (χ1v) is 13.4. The van der Waals surface area contributed by atoms with E-state index in [1.54, 1.807) is 25.1 Å². The van der Waals surface area contributed by atoms with E-state index in [0.29, 0.717) is 16.8 Å². The molecule has 2 aromatic carbocycles. The van der Waals surface area contributed by atoms with Crippen molar-refractivity contribution in [3.63, 3.8) is 0 Å². The number of ketones is 4.